The summed E-state index contributed by atoms with van der Waals surface area (Å²) in [6.07, 6.45) is 1.05. The van der Waals surface area contributed by atoms with Crippen molar-refractivity contribution < 1.29 is 0 Å². The number of halogens is 1. The first-order valence-electron chi connectivity index (χ1n) is 8.23. The Labute approximate surface area is 161 Å². The highest BCUT2D eigenvalue weighted by Gasteiger charge is 2.14. The predicted octanol–water partition coefficient (Wildman–Crippen LogP) is 1.71. The summed E-state index contributed by atoms with van der Waals surface area (Å²) in [5.74, 6) is 0.906. The molecule has 23 heavy (non-hydrogen) atoms. The van der Waals surface area contributed by atoms with Crippen molar-refractivity contribution in [2.24, 2.45) is 4.99 Å². The third kappa shape index (κ3) is 7.82. The van der Waals surface area contributed by atoms with Crippen LogP contribution in [0.5, 0.6) is 0 Å². The zero-order valence-electron chi connectivity index (χ0n) is 14.3. The van der Waals surface area contributed by atoms with E-state index in [2.05, 4.69) is 49.9 Å². The minimum Gasteiger partial charge on any atom is -0.356 e. The number of rotatable bonds is 7. The molecular formula is C16H30IN5S. The molecule has 0 spiro atoms. The fraction of sp³-hybridized carbons (Fsp3) is 0.688. The van der Waals surface area contributed by atoms with E-state index >= 15 is 0 Å². The minimum absolute atomic E-state index is 0. The number of aliphatic imine (C=N–C) groups is 1. The van der Waals surface area contributed by atoms with Crippen LogP contribution in [0.25, 0.3) is 0 Å². The van der Waals surface area contributed by atoms with Gasteiger partial charge in [-0.2, -0.15) is 0 Å². The molecule has 2 heterocycles. The van der Waals surface area contributed by atoms with E-state index in [1.807, 2.05) is 18.4 Å². The first-order valence-corrected chi connectivity index (χ1v) is 9.11. The molecule has 2 rings (SSSR count). The number of nitrogens with one attached hydrogen (secondary N) is 2. The Balaban J connectivity index is 0.00000264. The van der Waals surface area contributed by atoms with E-state index in [0.29, 0.717) is 0 Å². The van der Waals surface area contributed by atoms with Crippen LogP contribution in [0.4, 0.5) is 0 Å². The number of piperazine rings is 1. The zero-order valence-corrected chi connectivity index (χ0v) is 17.4. The maximum Gasteiger partial charge on any atom is 0.191 e. The van der Waals surface area contributed by atoms with Crippen molar-refractivity contribution in [1.29, 1.82) is 0 Å². The summed E-state index contributed by atoms with van der Waals surface area (Å²) in [6, 6.07) is 4.28. The van der Waals surface area contributed by atoms with Crippen molar-refractivity contribution in [2.45, 2.75) is 13.3 Å². The lowest BCUT2D eigenvalue weighted by Gasteiger charge is -2.34. The second kappa shape index (κ2) is 12.0. The van der Waals surface area contributed by atoms with Gasteiger partial charge < -0.3 is 15.5 Å². The van der Waals surface area contributed by atoms with E-state index in [1.165, 1.54) is 37.6 Å². The van der Waals surface area contributed by atoms with E-state index in [4.69, 9.17) is 0 Å². The van der Waals surface area contributed by atoms with Crippen LogP contribution < -0.4 is 10.6 Å². The molecule has 0 unspecified atom stereocenters. The van der Waals surface area contributed by atoms with Gasteiger partial charge in [-0.25, -0.2) is 0 Å². The molecule has 7 heteroatoms. The fourth-order valence-corrected chi connectivity index (χ4v) is 3.35. The van der Waals surface area contributed by atoms with Gasteiger partial charge in [0.05, 0.1) is 0 Å². The van der Waals surface area contributed by atoms with Gasteiger partial charge in [0.25, 0.3) is 0 Å². The summed E-state index contributed by atoms with van der Waals surface area (Å²) < 4.78 is 0. The Kier molecular flexibility index (Phi) is 10.8. The van der Waals surface area contributed by atoms with Gasteiger partial charge in [0.1, 0.15) is 0 Å². The average Bonchev–Trinajstić information content (AvgIpc) is 3.07. The monoisotopic (exact) mass is 451 g/mol. The van der Waals surface area contributed by atoms with Crippen LogP contribution in [0.15, 0.2) is 22.5 Å². The van der Waals surface area contributed by atoms with Gasteiger partial charge in [-0.05, 0) is 24.4 Å². The zero-order chi connectivity index (χ0) is 15.6. The molecule has 1 aromatic rings. The molecule has 2 N–H and O–H groups in total. The molecule has 132 valence electrons. The minimum atomic E-state index is 0. The lowest BCUT2D eigenvalue weighted by molar-refractivity contribution is 0.139. The molecule has 1 aliphatic heterocycles. The lowest BCUT2D eigenvalue weighted by atomic mass is 10.3. The van der Waals surface area contributed by atoms with Crippen LogP contribution in [0.2, 0.25) is 0 Å². The average molecular weight is 451 g/mol. The van der Waals surface area contributed by atoms with Gasteiger partial charge in [-0.1, -0.05) is 13.0 Å². The van der Waals surface area contributed by atoms with Crippen molar-refractivity contribution >= 4 is 41.3 Å². The Morgan fingerprint density at radius 3 is 2.48 bits per heavy atom. The summed E-state index contributed by atoms with van der Waals surface area (Å²) in [6.45, 7) is 11.1. The number of thiophene rings is 1. The second-order valence-corrected chi connectivity index (χ2v) is 6.56. The van der Waals surface area contributed by atoms with Crippen molar-refractivity contribution in [3.63, 3.8) is 0 Å². The number of guanidine groups is 1. The first kappa shape index (κ1) is 20.7. The summed E-state index contributed by atoms with van der Waals surface area (Å²) in [4.78, 5) is 10.7. The topological polar surface area (TPSA) is 42.9 Å². The van der Waals surface area contributed by atoms with Gasteiger partial charge in [-0.15, -0.1) is 35.3 Å². The summed E-state index contributed by atoms with van der Waals surface area (Å²) >= 11 is 1.81. The van der Waals surface area contributed by atoms with Crippen molar-refractivity contribution in [1.82, 2.24) is 20.4 Å². The van der Waals surface area contributed by atoms with Crippen LogP contribution in [0.1, 0.15) is 11.8 Å². The molecule has 0 bridgehead atoms. The van der Waals surface area contributed by atoms with Gasteiger partial charge in [0, 0.05) is 57.7 Å². The highest BCUT2D eigenvalue weighted by atomic mass is 127. The van der Waals surface area contributed by atoms with E-state index < -0.39 is 0 Å². The summed E-state index contributed by atoms with van der Waals surface area (Å²) in [5.41, 5.74) is 0. The smallest absolute Gasteiger partial charge is 0.191 e. The maximum atomic E-state index is 4.29. The molecule has 0 radical (unpaired) electrons. The first-order chi connectivity index (χ1) is 10.8. The third-order valence-corrected chi connectivity index (χ3v) is 5.04. The molecule has 1 aromatic heterocycles. The Hall–Kier alpha value is -0.380. The molecular weight excluding hydrogens is 421 g/mol. The van der Waals surface area contributed by atoms with Gasteiger partial charge in [-0.3, -0.25) is 9.89 Å². The molecule has 0 aromatic carbocycles. The predicted molar refractivity (Wildman–Crippen MR) is 111 cm³/mol. The number of hydrogen-bond donors (Lipinski definition) is 2. The van der Waals surface area contributed by atoms with Crippen molar-refractivity contribution in [3.05, 3.63) is 22.4 Å². The second-order valence-electron chi connectivity index (χ2n) is 5.53. The fourth-order valence-electron chi connectivity index (χ4n) is 2.64. The van der Waals surface area contributed by atoms with Crippen LogP contribution in [-0.2, 0) is 6.42 Å². The van der Waals surface area contributed by atoms with Crippen LogP contribution in [-0.4, -0.2) is 75.2 Å². The van der Waals surface area contributed by atoms with E-state index in [1.54, 1.807) is 0 Å². The molecule has 1 aliphatic rings. The normalized spacial score (nSPS) is 16.9. The number of hydrogen-bond acceptors (Lipinski definition) is 4. The third-order valence-electron chi connectivity index (χ3n) is 4.10. The van der Waals surface area contributed by atoms with Crippen LogP contribution in [0, 0.1) is 0 Å². The molecule has 0 saturated carbocycles. The molecule has 0 atom stereocenters. The molecule has 0 amide bonds. The van der Waals surface area contributed by atoms with E-state index in [0.717, 1.165) is 32.0 Å². The van der Waals surface area contributed by atoms with Crippen molar-refractivity contribution in [2.75, 3.05) is 59.4 Å². The summed E-state index contributed by atoms with van der Waals surface area (Å²) in [5, 5.41) is 8.92. The van der Waals surface area contributed by atoms with Crippen LogP contribution in [0.3, 0.4) is 0 Å². The van der Waals surface area contributed by atoms with Crippen molar-refractivity contribution in [3.8, 4) is 0 Å². The largest absolute Gasteiger partial charge is 0.356 e. The summed E-state index contributed by atoms with van der Waals surface area (Å²) in [7, 11) is 1.83. The highest BCUT2D eigenvalue weighted by molar-refractivity contribution is 14.0. The molecule has 0 aliphatic carbocycles. The maximum absolute atomic E-state index is 4.29. The van der Waals surface area contributed by atoms with Crippen LogP contribution >= 0.6 is 35.3 Å². The molecule has 1 fully saturated rings. The molecule has 5 nitrogen and oxygen atoms in total. The van der Waals surface area contributed by atoms with Gasteiger partial charge in [0.15, 0.2) is 5.96 Å². The van der Waals surface area contributed by atoms with E-state index in [-0.39, 0.29) is 24.0 Å². The Morgan fingerprint density at radius 1 is 1.17 bits per heavy atom. The Morgan fingerprint density at radius 2 is 1.87 bits per heavy atom. The molecule has 1 saturated heterocycles. The van der Waals surface area contributed by atoms with Gasteiger partial charge >= 0.3 is 0 Å². The van der Waals surface area contributed by atoms with Gasteiger partial charge in [0.2, 0.25) is 0 Å². The quantitative estimate of drug-likeness (QED) is 0.377. The SMILES string of the molecule is CCN1CCN(CCNC(=NC)NCCc2cccs2)CC1.I. The standard InChI is InChI=1S/C16H29N5S.HI/c1-3-20-10-12-21(13-11-20)9-8-19-16(17-2)18-7-6-15-5-4-14-22-15;/h4-5,14H,3,6-13H2,1-2H3,(H2,17,18,19);1H. The van der Waals surface area contributed by atoms with E-state index in [9.17, 15) is 0 Å². The number of nitrogens with zero attached hydrogens (tertiary/aromatic N) is 3. The number of likely N-dealkylation sites (N-methyl/N-ethyl adjacent to an activating group) is 1. The highest BCUT2D eigenvalue weighted by Crippen LogP contribution is 2.07. The Bertz CT molecular complexity index is 430. The lowest BCUT2D eigenvalue weighted by Crippen LogP contribution is -2.49.